The van der Waals surface area contributed by atoms with Gasteiger partial charge in [0.1, 0.15) is 23.7 Å². The summed E-state index contributed by atoms with van der Waals surface area (Å²) < 4.78 is 25.4. The van der Waals surface area contributed by atoms with E-state index in [1.165, 1.54) is 24.5 Å². The summed E-state index contributed by atoms with van der Waals surface area (Å²) in [6.07, 6.45) is 4.60. The monoisotopic (exact) mass is 573 g/mol. The number of aliphatic hydroxyl groups is 1. The second-order valence-corrected chi connectivity index (χ2v) is 9.48. The highest BCUT2D eigenvalue weighted by atomic mass is 19.1. The lowest BCUT2D eigenvalue weighted by molar-refractivity contribution is -0.111. The molecule has 0 saturated carbocycles. The Labute approximate surface area is 245 Å². The summed E-state index contributed by atoms with van der Waals surface area (Å²) in [4.78, 5) is 23.5. The van der Waals surface area contributed by atoms with Gasteiger partial charge in [0.15, 0.2) is 0 Å². The van der Waals surface area contributed by atoms with E-state index in [1.807, 2.05) is 50.2 Å². The van der Waals surface area contributed by atoms with E-state index >= 15 is 0 Å². The fourth-order valence-corrected chi connectivity index (χ4v) is 4.33. The topological polar surface area (TPSA) is 109 Å². The Hall–Kier alpha value is -4.38. The lowest BCUT2D eigenvalue weighted by Gasteiger charge is -2.21. The van der Waals surface area contributed by atoms with Crippen molar-refractivity contribution in [1.82, 2.24) is 14.9 Å². The number of fused-ring (bicyclic) bond motifs is 1. The Morgan fingerprint density at radius 2 is 1.93 bits per heavy atom. The summed E-state index contributed by atoms with van der Waals surface area (Å²) in [5, 5.41) is 16.4. The van der Waals surface area contributed by atoms with Crippen LogP contribution in [0.5, 0.6) is 5.75 Å². The fraction of sp³-hybridized carbons (Fsp3) is 0.281. The zero-order valence-electron chi connectivity index (χ0n) is 23.8. The first-order chi connectivity index (χ1) is 20.5. The smallest absolute Gasteiger partial charge is 0.248 e. The molecule has 42 heavy (non-hydrogen) atoms. The number of nitrogens with zero attached hydrogens (tertiary/aromatic N) is 3. The number of carbonyl (C=O) groups is 1. The van der Waals surface area contributed by atoms with E-state index < -0.39 is 0 Å². The van der Waals surface area contributed by atoms with E-state index in [4.69, 9.17) is 9.47 Å². The summed E-state index contributed by atoms with van der Waals surface area (Å²) in [6, 6.07) is 19.4. The molecule has 1 heterocycles. The highest BCUT2D eigenvalue weighted by molar-refractivity contribution is 6.03. The van der Waals surface area contributed by atoms with Crippen LogP contribution in [0.4, 0.5) is 15.9 Å². The number of halogens is 1. The summed E-state index contributed by atoms with van der Waals surface area (Å²) in [5.41, 5.74) is 2.84. The Kier molecular flexibility index (Phi) is 11.3. The standard InChI is InChI=1S/C32H36FN5O4/c1-3-38(22-39)15-9-14-31(40)36-28-17-26-27(18-30(28)42-4-2)34-21-35-32(26)37-29(24-11-6-5-7-12-24)20-41-19-23-10-8-13-25(33)16-23/h5-14,16-18,21,29,39H,3-4,15,19-20,22H2,1-2H3,(H,36,40)(H,34,35,37). The van der Waals surface area contributed by atoms with E-state index in [-0.39, 0.29) is 31.1 Å². The van der Waals surface area contributed by atoms with Gasteiger partial charge in [-0.2, -0.15) is 0 Å². The average Bonchev–Trinajstić information content (AvgIpc) is 3.00. The number of rotatable bonds is 15. The number of hydrogen-bond donors (Lipinski definition) is 3. The highest BCUT2D eigenvalue weighted by Gasteiger charge is 2.17. The van der Waals surface area contributed by atoms with Crippen LogP contribution in [0.3, 0.4) is 0 Å². The Balaban J connectivity index is 1.58. The first kappa shape index (κ1) is 30.6. The third-order valence-electron chi connectivity index (χ3n) is 6.53. The van der Waals surface area contributed by atoms with Crippen LogP contribution in [-0.2, 0) is 16.1 Å². The summed E-state index contributed by atoms with van der Waals surface area (Å²) in [7, 11) is 0. The molecule has 0 saturated heterocycles. The van der Waals surface area contributed by atoms with E-state index in [9.17, 15) is 14.3 Å². The molecule has 10 heteroatoms. The van der Waals surface area contributed by atoms with Crippen molar-refractivity contribution in [1.29, 1.82) is 0 Å². The third kappa shape index (κ3) is 8.56. The van der Waals surface area contributed by atoms with Crippen molar-refractivity contribution in [2.45, 2.75) is 26.5 Å². The van der Waals surface area contributed by atoms with Gasteiger partial charge in [0, 0.05) is 24.1 Å². The molecule has 0 aliphatic heterocycles. The molecular formula is C32H36FN5O4. The Morgan fingerprint density at radius 1 is 1.10 bits per heavy atom. The molecule has 0 radical (unpaired) electrons. The second kappa shape index (κ2) is 15.6. The van der Waals surface area contributed by atoms with Crippen LogP contribution < -0.4 is 15.4 Å². The molecule has 0 aliphatic rings. The van der Waals surface area contributed by atoms with Gasteiger partial charge in [-0.25, -0.2) is 14.4 Å². The maximum atomic E-state index is 13.6. The molecule has 1 atom stereocenters. The molecule has 3 N–H and O–H groups in total. The van der Waals surface area contributed by atoms with Crippen molar-refractivity contribution in [2.24, 2.45) is 0 Å². The Bertz CT molecular complexity index is 1480. The van der Waals surface area contributed by atoms with Gasteiger partial charge in [0.05, 0.1) is 43.8 Å². The minimum absolute atomic E-state index is 0.0861. The maximum Gasteiger partial charge on any atom is 0.248 e. The number of aromatic nitrogens is 2. The Morgan fingerprint density at radius 3 is 2.67 bits per heavy atom. The number of likely N-dealkylation sites (N-methyl/N-ethyl adjacent to an activating group) is 1. The zero-order chi connectivity index (χ0) is 29.7. The van der Waals surface area contributed by atoms with Crippen LogP contribution in [0.15, 0.2) is 85.2 Å². The molecule has 220 valence electrons. The quantitative estimate of drug-likeness (QED) is 0.130. The largest absolute Gasteiger partial charge is 0.492 e. The van der Waals surface area contributed by atoms with E-state index in [0.717, 1.165) is 11.1 Å². The van der Waals surface area contributed by atoms with Gasteiger partial charge in [-0.15, -0.1) is 0 Å². The minimum atomic E-state index is -0.330. The number of carbonyl (C=O) groups excluding carboxylic acids is 1. The molecule has 0 aliphatic carbocycles. The van der Waals surface area contributed by atoms with Crippen molar-refractivity contribution in [3.8, 4) is 5.75 Å². The van der Waals surface area contributed by atoms with Crippen molar-refractivity contribution < 1.29 is 23.8 Å². The molecule has 0 bridgehead atoms. The van der Waals surface area contributed by atoms with Crippen molar-refractivity contribution >= 4 is 28.3 Å². The lowest BCUT2D eigenvalue weighted by Crippen LogP contribution is -2.24. The van der Waals surface area contributed by atoms with E-state index in [1.54, 1.807) is 29.2 Å². The van der Waals surface area contributed by atoms with Gasteiger partial charge in [-0.1, -0.05) is 55.5 Å². The van der Waals surface area contributed by atoms with Crippen LogP contribution in [-0.4, -0.2) is 58.9 Å². The summed E-state index contributed by atoms with van der Waals surface area (Å²) in [5.74, 6) is 0.404. The summed E-state index contributed by atoms with van der Waals surface area (Å²) >= 11 is 0. The molecule has 1 amide bonds. The van der Waals surface area contributed by atoms with Crippen LogP contribution in [0.25, 0.3) is 10.9 Å². The molecule has 3 aromatic carbocycles. The lowest BCUT2D eigenvalue weighted by atomic mass is 10.1. The first-order valence-electron chi connectivity index (χ1n) is 13.9. The van der Waals surface area contributed by atoms with Gasteiger partial charge in [-0.05, 0) is 42.8 Å². The van der Waals surface area contributed by atoms with E-state index in [2.05, 4.69) is 20.6 Å². The minimum Gasteiger partial charge on any atom is -0.492 e. The molecule has 4 aromatic rings. The van der Waals surface area contributed by atoms with E-state index in [0.29, 0.717) is 54.5 Å². The van der Waals surface area contributed by atoms with Crippen LogP contribution >= 0.6 is 0 Å². The maximum absolute atomic E-state index is 13.6. The number of amides is 1. The van der Waals surface area contributed by atoms with Crippen LogP contribution in [0, 0.1) is 5.82 Å². The normalized spacial score (nSPS) is 12.1. The third-order valence-corrected chi connectivity index (χ3v) is 6.53. The predicted molar refractivity (Wildman–Crippen MR) is 162 cm³/mol. The number of nitrogens with one attached hydrogen (secondary N) is 2. The summed E-state index contributed by atoms with van der Waals surface area (Å²) in [6.45, 7) is 5.77. The zero-order valence-corrected chi connectivity index (χ0v) is 23.8. The van der Waals surface area contributed by atoms with Gasteiger partial charge in [0.2, 0.25) is 5.91 Å². The van der Waals surface area contributed by atoms with Gasteiger partial charge >= 0.3 is 0 Å². The van der Waals surface area contributed by atoms with Gasteiger partial charge < -0.3 is 25.2 Å². The van der Waals surface area contributed by atoms with Crippen molar-refractivity contribution in [3.05, 3.63) is 102 Å². The van der Waals surface area contributed by atoms with Gasteiger partial charge in [-0.3, -0.25) is 9.69 Å². The van der Waals surface area contributed by atoms with Crippen molar-refractivity contribution in [2.75, 3.05) is 43.7 Å². The molecule has 9 nitrogen and oxygen atoms in total. The molecule has 1 unspecified atom stereocenters. The number of hydrogen-bond acceptors (Lipinski definition) is 8. The number of ether oxygens (including phenoxy) is 2. The molecule has 1 aromatic heterocycles. The van der Waals surface area contributed by atoms with Crippen LogP contribution in [0.2, 0.25) is 0 Å². The number of anilines is 2. The number of aliphatic hydroxyl groups excluding tert-OH is 1. The fourth-order valence-electron chi connectivity index (χ4n) is 4.33. The van der Waals surface area contributed by atoms with Crippen molar-refractivity contribution in [3.63, 3.8) is 0 Å². The number of benzene rings is 3. The molecular weight excluding hydrogens is 537 g/mol. The molecule has 0 spiro atoms. The second-order valence-electron chi connectivity index (χ2n) is 9.48. The predicted octanol–water partition coefficient (Wildman–Crippen LogP) is 5.30. The highest BCUT2D eigenvalue weighted by Crippen LogP contribution is 2.33. The SMILES string of the molecule is CCOc1cc2ncnc(NC(COCc3cccc(F)c3)c3ccccc3)c2cc1NC(=O)C=CCN(CC)CO. The average molecular weight is 574 g/mol. The van der Waals surface area contributed by atoms with Crippen LogP contribution in [0.1, 0.15) is 31.0 Å². The molecule has 4 rings (SSSR count). The van der Waals surface area contributed by atoms with Gasteiger partial charge in [0.25, 0.3) is 0 Å². The first-order valence-corrected chi connectivity index (χ1v) is 13.9. The molecule has 0 fully saturated rings.